The van der Waals surface area contributed by atoms with Gasteiger partial charge in [0.25, 0.3) is 5.91 Å². The first-order valence-electron chi connectivity index (χ1n) is 8.74. The molecular formula is C19H28N4OS. The third-order valence-corrected chi connectivity index (χ3v) is 4.82. The summed E-state index contributed by atoms with van der Waals surface area (Å²) in [4.78, 5) is 12.2. The predicted molar refractivity (Wildman–Crippen MR) is 103 cm³/mol. The zero-order valence-corrected chi connectivity index (χ0v) is 16.6. The third-order valence-electron chi connectivity index (χ3n) is 4.16. The van der Waals surface area contributed by atoms with Crippen molar-refractivity contribution in [3.8, 4) is 0 Å². The number of aromatic nitrogens is 3. The number of carbonyl (C=O) groups is 1. The second-order valence-corrected chi connectivity index (χ2v) is 7.54. The van der Waals surface area contributed by atoms with E-state index in [1.807, 2.05) is 38.3 Å². The molecule has 0 aliphatic rings. The molecule has 0 atom stereocenters. The Kier molecular flexibility index (Phi) is 7.05. The molecule has 1 N–H and O–H groups in total. The average molecular weight is 361 g/mol. The van der Waals surface area contributed by atoms with E-state index in [1.54, 1.807) is 11.8 Å². The average Bonchev–Trinajstić information content (AvgIpc) is 2.95. The molecule has 0 aliphatic carbocycles. The van der Waals surface area contributed by atoms with Crippen LogP contribution in [-0.4, -0.2) is 33.5 Å². The second kappa shape index (κ2) is 9.04. The minimum absolute atomic E-state index is 0.0171. The highest BCUT2D eigenvalue weighted by Crippen LogP contribution is 2.16. The molecule has 0 aliphatic heterocycles. The molecule has 136 valence electrons. The van der Waals surface area contributed by atoms with Gasteiger partial charge in [-0.05, 0) is 55.7 Å². The van der Waals surface area contributed by atoms with Gasteiger partial charge in [-0.1, -0.05) is 31.7 Å². The first-order chi connectivity index (χ1) is 11.9. The largest absolute Gasteiger partial charge is 0.352 e. The van der Waals surface area contributed by atoms with Crippen molar-refractivity contribution < 1.29 is 4.79 Å². The first-order valence-corrected chi connectivity index (χ1v) is 9.96. The first kappa shape index (κ1) is 19.5. The van der Waals surface area contributed by atoms with Gasteiger partial charge in [-0.15, -0.1) is 10.2 Å². The molecule has 0 radical (unpaired) electrons. The van der Waals surface area contributed by atoms with Crippen LogP contribution in [0.25, 0.3) is 0 Å². The molecule has 25 heavy (non-hydrogen) atoms. The van der Waals surface area contributed by atoms with E-state index in [0.717, 1.165) is 41.5 Å². The minimum atomic E-state index is -0.0171. The monoisotopic (exact) mass is 360 g/mol. The fraction of sp³-hybridized carbons (Fsp3) is 0.526. The lowest BCUT2D eigenvalue weighted by molar-refractivity contribution is 0.0953. The molecule has 1 aromatic carbocycles. The van der Waals surface area contributed by atoms with Crippen molar-refractivity contribution in [1.82, 2.24) is 20.1 Å². The van der Waals surface area contributed by atoms with E-state index < -0.39 is 0 Å². The number of hydrogen-bond donors (Lipinski definition) is 1. The van der Waals surface area contributed by atoms with E-state index in [1.165, 1.54) is 5.56 Å². The van der Waals surface area contributed by atoms with Gasteiger partial charge in [0.15, 0.2) is 5.16 Å². The molecule has 0 bridgehead atoms. The maximum Gasteiger partial charge on any atom is 0.251 e. The smallest absolute Gasteiger partial charge is 0.251 e. The highest BCUT2D eigenvalue weighted by molar-refractivity contribution is 7.98. The molecular weight excluding hydrogens is 332 g/mol. The second-order valence-electron chi connectivity index (χ2n) is 6.77. The number of aryl methyl sites for hydroxylation is 3. The molecule has 0 saturated carbocycles. The molecule has 0 unspecified atom stereocenters. The Morgan fingerprint density at radius 2 is 2.00 bits per heavy atom. The Morgan fingerprint density at radius 1 is 1.24 bits per heavy atom. The summed E-state index contributed by atoms with van der Waals surface area (Å²) in [6.07, 6.45) is 3.68. The van der Waals surface area contributed by atoms with Crippen LogP contribution in [0.5, 0.6) is 0 Å². The summed E-state index contributed by atoms with van der Waals surface area (Å²) < 4.78 is 2.19. The van der Waals surface area contributed by atoms with Gasteiger partial charge in [0.1, 0.15) is 5.82 Å². The Morgan fingerprint density at radius 3 is 2.64 bits per heavy atom. The SMILES string of the molecule is CSc1nnc(CCCNC(=O)c2ccc(C)c(C)c2)n1CC(C)C. The zero-order chi connectivity index (χ0) is 18.4. The van der Waals surface area contributed by atoms with Crippen LogP contribution in [0, 0.1) is 19.8 Å². The highest BCUT2D eigenvalue weighted by Gasteiger charge is 2.12. The zero-order valence-electron chi connectivity index (χ0n) is 15.8. The molecule has 0 fully saturated rings. The molecule has 2 aromatic rings. The van der Waals surface area contributed by atoms with Crippen molar-refractivity contribution in [2.45, 2.75) is 52.2 Å². The number of benzene rings is 1. The highest BCUT2D eigenvalue weighted by atomic mass is 32.2. The van der Waals surface area contributed by atoms with Crippen LogP contribution in [0.1, 0.15) is 47.6 Å². The lowest BCUT2D eigenvalue weighted by Gasteiger charge is -2.12. The Hall–Kier alpha value is -1.82. The minimum Gasteiger partial charge on any atom is -0.352 e. The van der Waals surface area contributed by atoms with Gasteiger partial charge in [0.05, 0.1) is 0 Å². The standard InChI is InChI=1S/C19H28N4OS/c1-13(2)12-23-17(21-22-19(23)25-5)7-6-10-20-18(24)16-9-8-14(3)15(4)11-16/h8-9,11,13H,6-7,10,12H2,1-5H3,(H,20,24). The van der Waals surface area contributed by atoms with Crippen molar-refractivity contribution in [2.24, 2.45) is 5.92 Å². The third kappa shape index (κ3) is 5.33. The number of carbonyl (C=O) groups excluding carboxylic acids is 1. The summed E-state index contributed by atoms with van der Waals surface area (Å²) in [7, 11) is 0. The topological polar surface area (TPSA) is 59.8 Å². The van der Waals surface area contributed by atoms with Crippen molar-refractivity contribution in [1.29, 1.82) is 0 Å². The molecule has 1 heterocycles. The summed E-state index contributed by atoms with van der Waals surface area (Å²) >= 11 is 1.62. The van der Waals surface area contributed by atoms with Crippen LogP contribution in [0.2, 0.25) is 0 Å². The molecule has 6 heteroatoms. The lowest BCUT2D eigenvalue weighted by atomic mass is 10.1. The summed E-state index contributed by atoms with van der Waals surface area (Å²) in [5.74, 6) is 1.53. The van der Waals surface area contributed by atoms with Crippen molar-refractivity contribution >= 4 is 17.7 Å². The Balaban J connectivity index is 1.87. The molecule has 1 aromatic heterocycles. The van der Waals surface area contributed by atoms with Crippen LogP contribution in [0.15, 0.2) is 23.4 Å². The number of thioether (sulfide) groups is 1. The van der Waals surface area contributed by atoms with Gasteiger partial charge in [-0.3, -0.25) is 4.79 Å². The lowest BCUT2D eigenvalue weighted by Crippen LogP contribution is -2.25. The van der Waals surface area contributed by atoms with Gasteiger partial charge in [-0.25, -0.2) is 0 Å². The van der Waals surface area contributed by atoms with Gasteiger partial charge >= 0.3 is 0 Å². The van der Waals surface area contributed by atoms with E-state index in [4.69, 9.17) is 0 Å². The Labute approximate surface area is 154 Å². The number of amides is 1. The van der Waals surface area contributed by atoms with E-state index >= 15 is 0 Å². The van der Waals surface area contributed by atoms with Crippen LogP contribution in [0.4, 0.5) is 0 Å². The number of hydrogen-bond acceptors (Lipinski definition) is 4. The fourth-order valence-electron chi connectivity index (χ4n) is 2.64. The maximum atomic E-state index is 12.2. The van der Waals surface area contributed by atoms with Gasteiger partial charge in [0.2, 0.25) is 0 Å². The Bertz CT molecular complexity index is 724. The van der Waals surface area contributed by atoms with E-state index in [9.17, 15) is 4.79 Å². The van der Waals surface area contributed by atoms with E-state index in [2.05, 4.69) is 33.9 Å². The van der Waals surface area contributed by atoms with Crippen LogP contribution in [-0.2, 0) is 13.0 Å². The van der Waals surface area contributed by atoms with Gasteiger partial charge in [0, 0.05) is 25.1 Å². The summed E-state index contributed by atoms with van der Waals surface area (Å²) in [6.45, 7) is 10.0. The molecule has 0 spiro atoms. The van der Waals surface area contributed by atoms with Crippen LogP contribution < -0.4 is 5.32 Å². The van der Waals surface area contributed by atoms with Gasteiger partial charge in [-0.2, -0.15) is 0 Å². The molecule has 0 saturated heterocycles. The summed E-state index contributed by atoms with van der Waals surface area (Å²) in [6, 6.07) is 5.80. The normalized spacial score (nSPS) is 11.1. The van der Waals surface area contributed by atoms with E-state index in [-0.39, 0.29) is 5.91 Å². The maximum absolute atomic E-state index is 12.2. The predicted octanol–water partition coefficient (Wildman–Crippen LogP) is 3.64. The van der Waals surface area contributed by atoms with Crippen LogP contribution >= 0.6 is 11.8 Å². The number of nitrogens with one attached hydrogen (secondary N) is 1. The fourth-order valence-corrected chi connectivity index (χ4v) is 3.16. The summed E-state index contributed by atoms with van der Waals surface area (Å²) in [5, 5.41) is 12.5. The quantitative estimate of drug-likeness (QED) is 0.577. The van der Waals surface area contributed by atoms with Crippen LogP contribution in [0.3, 0.4) is 0 Å². The molecule has 5 nitrogen and oxygen atoms in total. The number of rotatable bonds is 8. The van der Waals surface area contributed by atoms with Crippen molar-refractivity contribution in [2.75, 3.05) is 12.8 Å². The molecule has 1 amide bonds. The molecule has 2 rings (SSSR count). The van der Waals surface area contributed by atoms with Crippen molar-refractivity contribution in [3.63, 3.8) is 0 Å². The number of nitrogens with zero attached hydrogens (tertiary/aromatic N) is 3. The van der Waals surface area contributed by atoms with E-state index in [0.29, 0.717) is 12.5 Å². The summed E-state index contributed by atoms with van der Waals surface area (Å²) in [5.41, 5.74) is 3.06. The van der Waals surface area contributed by atoms with Gasteiger partial charge < -0.3 is 9.88 Å². The van der Waals surface area contributed by atoms with Crippen molar-refractivity contribution in [3.05, 3.63) is 40.7 Å².